The first-order valence-electron chi connectivity index (χ1n) is 14.0. The van der Waals surface area contributed by atoms with Gasteiger partial charge in [-0.1, -0.05) is 30.5 Å². The number of hydrogen-bond donors (Lipinski definition) is 3. The average Bonchev–Trinajstić information content (AvgIpc) is 3.33. The van der Waals surface area contributed by atoms with Crippen LogP contribution in [0.4, 0.5) is 4.79 Å². The zero-order chi connectivity index (χ0) is 25.4. The Kier molecular flexibility index (Phi) is 6.86. The molecule has 5 saturated carbocycles. The van der Waals surface area contributed by atoms with Crippen LogP contribution in [0.1, 0.15) is 85.3 Å². The Morgan fingerprint density at radius 3 is 2.24 bits per heavy atom. The van der Waals surface area contributed by atoms with Crippen molar-refractivity contribution in [2.24, 2.45) is 17.8 Å². The number of ether oxygens (including phenoxy) is 1. The molecule has 5 aliphatic carbocycles. The molecule has 2 aromatic rings. The fraction of sp³-hybridized carbons (Fsp3) is 0.621. The minimum absolute atomic E-state index is 0.0100. The number of nitrogens with one attached hydrogen (secondary N) is 3. The highest BCUT2D eigenvalue weighted by Crippen LogP contribution is 2.55. The molecule has 2 atom stereocenters. The number of amides is 3. The first-order chi connectivity index (χ1) is 17.9. The topological polar surface area (TPSA) is 92.3 Å². The maximum absolute atomic E-state index is 13.1. The van der Waals surface area contributed by atoms with Gasteiger partial charge in [0.05, 0.1) is 6.04 Å². The van der Waals surface area contributed by atoms with Gasteiger partial charge in [0.1, 0.15) is 23.1 Å². The monoisotopic (exact) mass is 522 g/mol. The largest absolute Gasteiger partial charge is 0.486 e. The van der Waals surface area contributed by atoms with Gasteiger partial charge in [0.2, 0.25) is 0 Å². The van der Waals surface area contributed by atoms with E-state index < -0.39 is 0 Å². The molecular weight excluding hydrogens is 484 g/mol. The summed E-state index contributed by atoms with van der Waals surface area (Å²) in [5.41, 5.74) is 1.58. The van der Waals surface area contributed by atoms with Gasteiger partial charge in [-0.05, 0) is 88.2 Å². The zero-order valence-electron chi connectivity index (χ0n) is 21.6. The van der Waals surface area contributed by atoms with Crippen molar-refractivity contribution in [3.8, 4) is 5.75 Å². The second-order valence-electron chi connectivity index (χ2n) is 12.0. The molecule has 0 unspecified atom stereocenters. The van der Waals surface area contributed by atoms with Crippen molar-refractivity contribution in [2.75, 3.05) is 0 Å². The van der Waals surface area contributed by atoms with Crippen LogP contribution < -0.4 is 20.7 Å². The van der Waals surface area contributed by atoms with Gasteiger partial charge in [-0.15, -0.1) is 11.3 Å². The molecule has 8 heteroatoms. The van der Waals surface area contributed by atoms with E-state index in [1.54, 1.807) is 5.38 Å². The molecule has 7 rings (SSSR count). The van der Waals surface area contributed by atoms with Crippen LogP contribution >= 0.6 is 11.3 Å². The lowest BCUT2D eigenvalue weighted by Crippen LogP contribution is -2.63. The van der Waals surface area contributed by atoms with Crippen LogP contribution in [0.3, 0.4) is 0 Å². The number of benzene rings is 1. The molecule has 37 heavy (non-hydrogen) atoms. The Labute approximate surface area is 223 Å². The molecule has 5 fully saturated rings. The highest BCUT2D eigenvalue weighted by atomic mass is 32.1. The molecule has 198 valence electrons. The Balaban J connectivity index is 1.02. The molecule has 1 aromatic heterocycles. The molecule has 1 aromatic carbocycles. The number of aromatic nitrogens is 1. The van der Waals surface area contributed by atoms with E-state index in [0.717, 1.165) is 73.5 Å². The lowest BCUT2D eigenvalue weighted by atomic mass is 9.53. The van der Waals surface area contributed by atoms with Gasteiger partial charge in [0.15, 0.2) is 0 Å². The summed E-state index contributed by atoms with van der Waals surface area (Å²) in [6.45, 7) is 2.37. The summed E-state index contributed by atoms with van der Waals surface area (Å²) in [7, 11) is 0. The van der Waals surface area contributed by atoms with Crippen LogP contribution in [-0.2, 0) is 6.61 Å². The minimum atomic E-state index is -0.182. The fourth-order valence-corrected chi connectivity index (χ4v) is 8.37. The van der Waals surface area contributed by atoms with Gasteiger partial charge in [-0.3, -0.25) is 4.79 Å². The molecule has 3 amide bonds. The standard InChI is InChI=1S/C29H38N4O3S/c1-18-6-8-22(9-7-18)36-16-26-30-25(17-37-26)27(34)31-23-4-2-3-5-24(23)32-28(35)33-29-13-19-10-20(14-29)12-21(11-19)15-29/h6-9,17,19-21,23-24H,2-5,10-16H2,1H3,(H,31,34)(H2,32,33,35)/t19?,20?,21?,23-,24-,29?/m1/s1. The van der Waals surface area contributed by atoms with Crippen LogP contribution in [-0.4, -0.2) is 34.5 Å². The Bertz CT molecular complexity index is 1100. The van der Waals surface area contributed by atoms with Crippen molar-refractivity contribution in [2.45, 2.75) is 95.4 Å². The van der Waals surface area contributed by atoms with Crippen LogP contribution in [0.15, 0.2) is 29.6 Å². The maximum atomic E-state index is 13.1. The second kappa shape index (κ2) is 10.3. The van der Waals surface area contributed by atoms with Crippen LogP contribution in [0.25, 0.3) is 0 Å². The second-order valence-corrected chi connectivity index (χ2v) is 12.9. The Hall–Kier alpha value is -2.61. The van der Waals surface area contributed by atoms with Crippen LogP contribution in [0.5, 0.6) is 5.75 Å². The van der Waals surface area contributed by atoms with Gasteiger partial charge in [0, 0.05) is 17.0 Å². The smallest absolute Gasteiger partial charge is 0.315 e. The summed E-state index contributed by atoms with van der Waals surface area (Å²) >= 11 is 1.43. The number of carbonyl (C=O) groups is 2. The summed E-state index contributed by atoms with van der Waals surface area (Å²) in [6.07, 6.45) is 11.3. The first kappa shape index (κ1) is 24.7. The number of aryl methyl sites for hydroxylation is 1. The number of thiazole rings is 1. The van der Waals surface area contributed by atoms with Crippen molar-refractivity contribution in [1.82, 2.24) is 20.9 Å². The van der Waals surface area contributed by atoms with Gasteiger partial charge in [-0.25, -0.2) is 9.78 Å². The normalized spacial score (nSPS) is 32.1. The van der Waals surface area contributed by atoms with Crippen molar-refractivity contribution in [1.29, 1.82) is 0 Å². The van der Waals surface area contributed by atoms with E-state index in [1.165, 1.54) is 36.2 Å². The van der Waals surface area contributed by atoms with E-state index in [0.29, 0.717) is 12.3 Å². The van der Waals surface area contributed by atoms with Crippen molar-refractivity contribution in [3.63, 3.8) is 0 Å². The van der Waals surface area contributed by atoms with E-state index in [4.69, 9.17) is 4.74 Å². The van der Waals surface area contributed by atoms with E-state index in [2.05, 4.69) is 20.9 Å². The van der Waals surface area contributed by atoms with Gasteiger partial charge >= 0.3 is 6.03 Å². The molecule has 0 aliphatic heterocycles. The maximum Gasteiger partial charge on any atom is 0.315 e. The van der Waals surface area contributed by atoms with E-state index in [-0.39, 0.29) is 29.6 Å². The highest BCUT2D eigenvalue weighted by molar-refractivity contribution is 7.09. The number of carbonyl (C=O) groups excluding carboxylic acids is 2. The van der Waals surface area contributed by atoms with E-state index in [9.17, 15) is 9.59 Å². The zero-order valence-corrected chi connectivity index (χ0v) is 22.4. The van der Waals surface area contributed by atoms with E-state index >= 15 is 0 Å². The number of hydrogen-bond acceptors (Lipinski definition) is 5. The van der Waals surface area contributed by atoms with Gasteiger partial charge in [0.25, 0.3) is 5.91 Å². The molecule has 0 radical (unpaired) electrons. The average molecular weight is 523 g/mol. The Morgan fingerprint density at radius 2 is 1.59 bits per heavy atom. The summed E-state index contributed by atoms with van der Waals surface area (Å²) < 4.78 is 5.81. The summed E-state index contributed by atoms with van der Waals surface area (Å²) in [6, 6.07) is 7.68. The van der Waals surface area contributed by atoms with Crippen molar-refractivity contribution in [3.05, 3.63) is 45.9 Å². The van der Waals surface area contributed by atoms with Gasteiger partial charge < -0.3 is 20.7 Å². The predicted octanol–water partition coefficient (Wildman–Crippen LogP) is 5.34. The molecule has 1 heterocycles. The molecule has 3 N–H and O–H groups in total. The van der Waals surface area contributed by atoms with Crippen LogP contribution in [0.2, 0.25) is 0 Å². The summed E-state index contributed by atoms with van der Waals surface area (Å²) in [4.78, 5) is 30.7. The number of nitrogens with zero attached hydrogens (tertiary/aromatic N) is 1. The highest BCUT2D eigenvalue weighted by Gasteiger charge is 2.51. The molecular formula is C29H38N4O3S. The van der Waals surface area contributed by atoms with Crippen molar-refractivity contribution >= 4 is 23.3 Å². The molecule has 5 aliphatic rings. The quantitative estimate of drug-likeness (QED) is 0.458. The SMILES string of the molecule is Cc1ccc(OCc2nc(C(=O)N[C@@H]3CCCC[C@H]3NC(=O)NC34CC5CC(CC(C5)C3)C4)cs2)cc1. The Morgan fingerprint density at radius 1 is 0.973 bits per heavy atom. The first-order valence-corrected chi connectivity index (χ1v) is 14.8. The third-order valence-electron chi connectivity index (χ3n) is 8.98. The van der Waals surface area contributed by atoms with Gasteiger partial charge in [-0.2, -0.15) is 0 Å². The number of urea groups is 1. The summed E-state index contributed by atoms with van der Waals surface area (Å²) in [5.74, 6) is 2.98. The molecule has 0 saturated heterocycles. The van der Waals surface area contributed by atoms with Crippen LogP contribution in [0, 0.1) is 24.7 Å². The molecule has 4 bridgehead atoms. The lowest BCUT2D eigenvalue weighted by Gasteiger charge is -2.56. The lowest BCUT2D eigenvalue weighted by molar-refractivity contribution is -0.0138. The third-order valence-corrected chi connectivity index (χ3v) is 9.81. The van der Waals surface area contributed by atoms with E-state index in [1.807, 2.05) is 31.2 Å². The number of rotatable bonds is 7. The fourth-order valence-electron chi connectivity index (χ4n) is 7.69. The van der Waals surface area contributed by atoms with Crippen molar-refractivity contribution < 1.29 is 14.3 Å². The minimum Gasteiger partial charge on any atom is -0.486 e. The third kappa shape index (κ3) is 5.64. The predicted molar refractivity (Wildman–Crippen MR) is 144 cm³/mol. The molecule has 0 spiro atoms. The summed E-state index contributed by atoms with van der Waals surface area (Å²) in [5, 5.41) is 12.4. The molecule has 7 nitrogen and oxygen atoms in total.